The Bertz CT molecular complexity index is 1410. The van der Waals surface area contributed by atoms with Crippen molar-refractivity contribution in [1.82, 2.24) is 0 Å². The molecule has 218 valence electrons. The zero-order valence-corrected chi connectivity index (χ0v) is 29.4. The van der Waals surface area contributed by atoms with Gasteiger partial charge in [-0.3, -0.25) is 0 Å². The molecular formula is C38H40Cl2OZr-2. The minimum atomic E-state index is 0. The number of hydrogen-bond donors (Lipinski definition) is 0. The van der Waals surface area contributed by atoms with Gasteiger partial charge in [-0.2, -0.15) is 41.5 Å². The van der Waals surface area contributed by atoms with Crippen molar-refractivity contribution in [3.05, 3.63) is 137 Å². The summed E-state index contributed by atoms with van der Waals surface area (Å²) >= 11 is 1.51. The van der Waals surface area contributed by atoms with Crippen molar-refractivity contribution in [2.75, 3.05) is 0 Å². The summed E-state index contributed by atoms with van der Waals surface area (Å²) in [7, 11) is 0. The summed E-state index contributed by atoms with van der Waals surface area (Å²) in [4.78, 5) is 0. The van der Waals surface area contributed by atoms with Gasteiger partial charge in [-0.05, 0) is 17.4 Å². The van der Waals surface area contributed by atoms with E-state index < -0.39 is 0 Å². The van der Waals surface area contributed by atoms with E-state index in [1.165, 1.54) is 68.7 Å². The number of fused-ring (bicyclic) bond motifs is 3. The number of hydrogen-bond acceptors (Lipinski definition) is 1. The molecule has 4 aromatic carbocycles. The molecule has 5 aromatic rings. The van der Waals surface area contributed by atoms with Crippen LogP contribution in [-0.4, -0.2) is 3.71 Å². The molecule has 0 spiro atoms. The van der Waals surface area contributed by atoms with Crippen molar-refractivity contribution in [2.24, 2.45) is 0 Å². The molecular weight excluding hydrogens is 635 g/mol. The molecule has 0 unspecified atom stereocenters. The molecule has 0 bridgehead atoms. The first-order valence-electron chi connectivity index (χ1n) is 14.0. The summed E-state index contributed by atoms with van der Waals surface area (Å²) in [6.45, 7) is 13.6. The summed E-state index contributed by atoms with van der Waals surface area (Å²) in [5.74, 6) is 0. The van der Waals surface area contributed by atoms with Crippen molar-refractivity contribution in [2.45, 2.75) is 65.2 Å². The third-order valence-electron chi connectivity index (χ3n) is 7.22. The SMILES string of the molecule is CC(C)(C)c1c[c-]c2c(c1)-c1cc(C(C)(C)C)ccc1C2.[Cl-].[Cl-].[Zr+2]=[CH]Cc1ccccc1.c1cc[c-](-c2ccoc2)c1. The summed E-state index contributed by atoms with van der Waals surface area (Å²) in [6.07, 6.45) is 5.58. The average molecular weight is 675 g/mol. The molecule has 0 saturated heterocycles. The number of halogens is 2. The standard InChI is InChI=1S/C21H25.C9H7O.C8H8.2ClH.Zr/c1-20(2,3)16-9-7-14-11-15-8-10-17(21(4,5)6)13-19(15)18(14)12-16;1-2-4-8(3-1)9-5-6-10-7-9;1-2-8-6-4-3-5-7-8;;;/h7,9-10,12-13H,11H2,1-6H3;1-7H;1,3-7H,2H2;2*1H;/q2*-1;;;;+2/p-2. The maximum absolute atomic E-state index is 4.94. The number of furan rings is 1. The molecule has 1 aliphatic rings. The Kier molecular flexibility index (Phi) is 13.6. The fourth-order valence-electron chi connectivity index (χ4n) is 4.71. The third-order valence-corrected chi connectivity index (χ3v) is 7.73. The van der Waals surface area contributed by atoms with Crippen LogP contribution in [0.4, 0.5) is 0 Å². The Morgan fingerprint density at radius 2 is 1.45 bits per heavy atom. The van der Waals surface area contributed by atoms with Gasteiger partial charge in [0.1, 0.15) is 0 Å². The Morgan fingerprint density at radius 1 is 0.810 bits per heavy atom. The monoisotopic (exact) mass is 672 g/mol. The van der Waals surface area contributed by atoms with Crippen LogP contribution in [0.2, 0.25) is 0 Å². The molecule has 42 heavy (non-hydrogen) atoms. The van der Waals surface area contributed by atoms with Crippen LogP contribution >= 0.6 is 0 Å². The van der Waals surface area contributed by atoms with E-state index in [1.54, 1.807) is 12.5 Å². The molecule has 0 fully saturated rings. The molecule has 6 rings (SSSR count). The first kappa shape index (κ1) is 35.8. The van der Waals surface area contributed by atoms with Crippen molar-refractivity contribution >= 4 is 3.71 Å². The van der Waals surface area contributed by atoms with Gasteiger partial charge in [0.2, 0.25) is 0 Å². The van der Waals surface area contributed by atoms with Gasteiger partial charge in [-0.15, -0.1) is 17.7 Å². The molecule has 1 nitrogen and oxygen atoms in total. The second kappa shape index (κ2) is 15.9. The topological polar surface area (TPSA) is 13.1 Å². The van der Waals surface area contributed by atoms with Gasteiger partial charge < -0.3 is 29.2 Å². The minimum absolute atomic E-state index is 0. The third kappa shape index (κ3) is 9.57. The maximum atomic E-state index is 4.94. The van der Waals surface area contributed by atoms with Crippen LogP contribution in [0.15, 0.2) is 108 Å². The zero-order valence-electron chi connectivity index (χ0n) is 25.5. The normalized spacial score (nSPS) is 11.3. The second-order valence-corrected chi connectivity index (χ2v) is 13.4. The summed E-state index contributed by atoms with van der Waals surface area (Å²) < 4.78 is 7.19. The number of benzene rings is 3. The molecule has 0 amide bonds. The molecule has 1 aromatic heterocycles. The molecule has 0 radical (unpaired) electrons. The molecule has 0 saturated carbocycles. The van der Waals surface area contributed by atoms with Crippen LogP contribution in [0.25, 0.3) is 22.3 Å². The molecule has 1 heterocycles. The van der Waals surface area contributed by atoms with E-state index in [0.717, 1.165) is 18.4 Å². The largest absolute Gasteiger partial charge is 0.515 e. The first-order chi connectivity index (χ1) is 19.1. The number of rotatable bonds is 3. The van der Waals surface area contributed by atoms with Crippen molar-refractivity contribution < 1.29 is 53.5 Å². The quantitative estimate of drug-likeness (QED) is 0.260. The molecule has 0 aliphatic heterocycles. The van der Waals surface area contributed by atoms with Gasteiger partial charge in [0, 0.05) is 12.5 Å². The molecule has 1 aliphatic carbocycles. The fraction of sp³-hybridized carbons (Fsp3) is 0.263. The predicted octanol–water partition coefficient (Wildman–Crippen LogP) is 3.90. The van der Waals surface area contributed by atoms with E-state index in [0.29, 0.717) is 0 Å². The van der Waals surface area contributed by atoms with Gasteiger partial charge in [-0.1, -0.05) is 93.5 Å². The van der Waals surface area contributed by atoms with Crippen molar-refractivity contribution in [1.29, 1.82) is 0 Å². The van der Waals surface area contributed by atoms with Crippen LogP contribution in [0.1, 0.15) is 69.4 Å². The van der Waals surface area contributed by atoms with Gasteiger partial charge in [0.25, 0.3) is 0 Å². The Hall–Kier alpha value is -2.38. The van der Waals surface area contributed by atoms with Crippen LogP contribution in [0.3, 0.4) is 0 Å². The van der Waals surface area contributed by atoms with E-state index in [-0.39, 0.29) is 35.6 Å². The smallest absolute Gasteiger partial charge is 0.0471 e. The Labute approximate surface area is 280 Å². The van der Waals surface area contributed by atoms with Crippen LogP contribution in [0.5, 0.6) is 0 Å². The van der Waals surface area contributed by atoms with Gasteiger partial charge >= 0.3 is 70.3 Å². The molecule has 0 atom stereocenters. The summed E-state index contributed by atoms with van der Waals surface area (Å²) in [6, 6.07) is 35.7. The van der Waals surface area contributed by atoms with Gasteiger partial charge in [0.15, 0.2) is 0 Å². The predicted molar refractivity (Wildman–Crippen MR) is 167 cm³/mol. The Balaban J connectivity index is 0.000000245. The zero-order chi connectivity index (χ0) is 28.8. The Morgan fingerprint density at radius 3 is 2.02 bits per heavy atom. The van der Waals surface area contributed by atoms with E-state index in [4.69, 9.17) is 4.42 Å². The first-order valence-corrected chi connectivity index (χ1v) is 15.4. The molecule has 4 heteroatoms. The summed E-state index contributed by atoms with van der Waals surface area (Å²) in [5.41, 5.74) is 12.5. The molecule has 0 N–H and O–H groups in total. The average Bonchev–Trinajstić information content (AvgIpc) is 3.70. The van der Waals surface area contributed by atoms with Crippen LogP contribution < -0.4 is 24.8 Å². The summed E-state index contributed by atoms with van der Waals surface area (Å²) in [5, 5.41) is 0. The van der Waals surface area contributed by atoms with Gasteiger partial charge in [0.05, 0.1) is 0 Å². The van der Waals surface area contributed by atoms with E-state index in [9.17, 15) is 0 Å². The van der Waals surface area contributed by atoms with E-state index in [1.807, 2.05) is 24.3 Å². The van der Waals surface area contributed by atoms with E-state index in [2.05, 4.69) is 118 Å². The van der Waals surface area contributed by atoms with Crippen LogP contribution in [-0.2, 0) is 47.9 Å². The van der Waals surface area contributed by atoms with Gasteiger partial charge in [-0.25, -0.2) is 0 Å². The maximum Gasteiger partial charge on any atom is 0.0471 e. The minimum Gasteiger partial charge on any atom is -0.515 e. The van der Waals surface area contributed by atoms with E-state index >= 15 is 0 Å². The second-order valence-electron chi connectivity index (χ2n) is 12.4. The van der Waals surface area contributed by atoms with Crippen molar-refractivity contribution in [3.63, 3.8) is 0 Å². The fourth-order valence-corrected chi connectivity index (χ4v) is 5.29. The van der Waals surface area contributed by atoms with Crippen molar-refractivity contribution in [3.8, 4) is 22.3 Å². The van der Waals surface area contributed by atoms with Crippen LogP contribution in [0, 0.1) is 6.07 Å².